The minimum absolute atomic E-state index is 0.0186. The number of aryl methyl sites for hydroxylation is 1. The molecule has 4 aromatic rings. The largest absolute Gasteiger partial charge is 0.489 e. The number of hydrogen-bond acceptors (Lipinski definition) is 8. The first-order valence-corrected chi connectivity index (χ1v) is 11.0. The lowest BCUT2D eigenvalue weighted by Crippen LogP contribution is -2.52. The summed E-state index contributed by atoms with van der Waals surface area (Å²) in [5.41, 5.74) is 3.67. The van der Waals surface area contributed by atoms with Crippen LogP contribution in [0.4, 0.5) is 11.6 Å². The van der Waals surface area contributed by atoms with Crippen LogP contribution in [0.1, 0.15) is 19.5 Å². The van der Waals surface area contributed by atoms with E-state index in [1.807, 2.05) is 48.0 Å². The van der Waals surface area contributed by atoms with E-state index in [-0.39, 0.29) is 11.7 Å². The number of nitrogens with zero attached hydrogens (tertiary/aromatic N) is 5. The van der Waals surface area contributed by atoms with Gasteiger partial charge in [0.1, 0.15) is 18.5 Å². The normalized spacial score (nSPS) is 17.7. The monoisotopic (exact) mass is 445 g/mol. The molecule has 0 aromatic carbocycles. The molecular formula is C24H27N7O2. The second-order valence-corrected chi connectivity index (χ2v) is 8.81. The minimum Gasteiger partial charge on any atom is -0.489 e. The van der Waals surface area contributed by atoms with Crippen LogP contribution in [0.2, 0.25) is 0 Å². The molecule has 0 radical (unpaired) electrons. The number of morpholine rings is 1. The van der Waals surface area contributed by atoms with E-state index in [9.17, 15) is 0 Å². The molecule has 1 saturated heterocycles. The third-order valence-corrected chi connectivity index (χ3v) is 5.44. The zero-order valence-corrected chi connectivity index (χ0v) is 18.9. The lowest BCUT2D eigenvalue weighted by molar-refractivity contribution is -0.106. The molecule has 1 atom stereocenters. The maximum atomic E-state index is 6.20. The highest BCUT2D eigenvalue weighted by molar-refractivity contribution is 5.75. The van der Waals surface area contributed by atoms with Gasteiger partial charge < -0.3 is 20.1 Å². The molecule has 1 fully saturated rings. The summed E-state index contributed by atoms with van der Waals surface area (Å²) in [5, 5.41) is 19.1. The van der Waals surface area contributed by atoms with Gasteiger partial charge in [0.15, 0.2) is 11.6 Å². The molecular weight excluding hydrogens is 418 g/mol. The predicted molar refractivity (Wildman–Crippen MR) is 126 cm³/mol. The third-order valence-electron chi connectivity index (χ3n) is 5.44. The summed E-state index contributed by atoms with van der Waals surface area (Å²) in [6, 6.07) is 11.8. The van der Waals surface area contributed by atoms with Crippen LogP contribution in [0.5, 0.6) is 5.75 Å². The van der Waals surface area contributed by atoms with Crippen molar-refractivity contribution in [2.45, 2.75) is 32.5 Å². The van der Waals surface area contributed by atoms with Gasteiger partial charge in [0.25, 0.3) is 0 Å². The van der Waals surface area contributed by atoms with Crippen LogP contribution in [0, 0.1) is 6.92 Å². The molecule has 0 bridgehead atoms. The van der Waals surface area contributed by atoms with E-state index >= 15 is 0 Å². The SMILES string of the molecule is Cc1cc(-c2ccn3nc(Nc4cccnn4)cc3c2)c(OC[C@H]2CNCC(C)(C)O2)cn1. The highest BCUT2D eigenvalue weighted by Crippen LogP contribution is 2.32. The van der Waals surface area contributed by atoms with Crippen molar-refractivity contribution >= 4 is 17.2 Å². The fourth-order valence-corrected chi connectivity index (χ4v) is 3.95. The quantitative estimate of drug-likeness (QED) is 0.466. The smallest absolute Gasteiger partial charge is 0.154 e. The summed E-state index contributed by atoms with van der Waals surface area (Å²) in [6.45, 7) is 8.19. The first-order valence-electron chi connectivity index (χ1n) is 11.0. The lowest BCUT2D eigenvalue weighted by Gasteiger charge is -2.36. The second-order valence-electron chi connectivity index (χ2n) is 8.81. The number of nitrogens with one attached hydrogen (secondary N) is 2. The first kappa shape index (κ1) is 21.3. The molecule has 0 amide bonds. The Morgan fingerprint density at radius 2 is 2.15 bits per heavy atom. The van der Waals surface area contributed by atoms with Gasteiger partial charge in [-0.2, -0.15) is 10.2 Å². The topological polar surface area (TPSA) is 98.5 Å². The Morgan fingerprint density at radius 1 is 1.24 bits per heavy atom. The van der Waals surface area contributed by atoms with Crippen LogP contribution >= 0.6 is 0 Å². The number of hydrogen-bond donors (Lipinski definition) is 2. The van der Waals surface area contributed by atoms with Crippen molar-refractivity contribution in [2.75, 3.05) is 25.0 Å². The van der Waals surface area contributed by atoms with Crippen LogP contribution in [-0.2, 0) is 4.74 Å². The number of ether oxygens (including phenoxy) is 2. The van der Waals surface area contributed by atoms with Gasteiger partial charge in [-0.05, 0) is 56.7 Å². The van der Waals surface area contributed by atoms with E-state index in [1.165, 1.54) is 0 Å². The molecule has 1 aliphatic rings. The van der Waals surface area contributed by atoms with Gasteiger partial charge in [0.2, 0.25) is 0 Å². The molecule has 1 aliphatic heterocycles. The van der Waals surface area contributed by atoms with Crippen molar-refractivity contribution < 1.29 is 9.47 Å². The number of anilines is 2. The molecule has 5 rings (SSSR count). The molecule has 9 nitrogen and oxygen atoms in total. The van der Waals surface area contributed by atoms with Gasteiger partial charge in [-0.1, -0.05) is 0 Å². The van der Waals surface area contributed by atoms with Crippen molar-refractivity contribution in [2.24, 2.45) is 0 Å². The van der Waals surface area contributed by atoms with Crippen LogP contribution < -0.4 is 15.4 Å². The number of pyridine rings is 2. The van der Waals surface area contributed by atoms with Gasteiger partial charge in [0, 0.05) is 42.8 Å². The molecule has 5 heterocycles. The van der Waals surface area contributed by atoms with E-state index in [2.05, 4.69) is 50.8 Å². The average Bonchev–Trinajstić information content (AvgIpc) is 3.19. The zero-order valence-electron chi connectivity index (χ0n) is 18.9. The summed E-state index contributed by atoms with van der Waals surface area (Å²) >= 11 is 0. The third kappa shape index (κ3) is 4.94. The van der Waals surface area contributed by atoms with E-state index in [1.54, 1.807) is 12.4 Å². The van der Waals surface area contributed by atoms with E-state index < -0.39 is 0 Å². The fraction of sp³-hybridized carbons (Fsp3) is 0.333. The Hall–Kier alpha value is -3.56. The number of fused-ring (bicyclic) bond motifs is 1. The average molecular weight is 446 g/mol. The molecule has 0 aliphatic carbocycles. The van der Waals surface area contributed by atoms with Crippen molar-refractivity contribution in [3.05, 3.63) is 60.7 Å². The molecule has 0 unspecified atom stereocenters. The Morgan fingerprint density at radius 3 is 2.97 bits per heavy atom. The second kappa shape index (κ2) is 8.76. The highest BCUT2D eigenvalue weighted by Gasteiger charge is 2.28. The van der Waals surface area contributed by atoms with Gasteiger partial charge in [-0.3, -0.25) is 4.98 Å². The van der Waals surface area contributed by atoms with E-state index in [4.69, 9.17) is 9.47 Å². The lowest BCUT2D eigenvalue weighted by atomic mass is 10.1. The number of rotatable bonds is 6. The van der Waals surface area contributed by atoms with Gasteiger partial charge >= 0.3 is 0 Å². The van der Waals surface area contributed by atoms with Gasteiger partial charge in [-0.25, -0.2) is 4.52 Å². The molecule has 0 spiro atoms. The van der Waals surface area contributed by atoms with Crippen molar-refractivity contribution in [1.29, 1.82) is 0 Å². The summed E-state index contributed by atoms with van der Waals surface area (Å²) in [7, 11) is 0. The van der Waals surface area contributed by atoms with Gasteiger partial charge in [0.05, 0.1) is 17.3 Å². The summed E-state index contributed by atoms with van der Waals surface area (Å²) < 4.78 is 14.2. The first-order chi connectivity index (χ1) is 15.9. The fourth-order valence-electron chi connectivity index (χ4n) is 3.95. The van der Waals surface area contributed by atoms with Crippen molar-refractivity contribution in [3.63, 3.8) is 0 Å². The van der Waals surface area contributed by atoms with Crippen LogP contribution in [0.3, 0.4) is 0 Å². The molecule has 170 valence electrons. The maximum Gasteiger partial charge on any atom is 0.154 e. The number of aromatic nitrogens is 5. The zero-order chi connectivity index (χ0) is 22.8. The van der Waals surface area contributed by atoms with E-state index in [0.717, 1.165) is 41.2 Å². The Labute approximate surface area is 192 Å². The van der Waals surface area contributed by atoms with Crippen molar-refractivity contribution in [3.8, 4) is 16.9 Å². The van der Waals surface area contributed by atoms with Crippen LogP contribution in [0.15, 0.2) is 55.0 Å². The summed E-state index contributed by atoms with van der Waals surface area (Å²) in [4.78, 5) is 4.45. The Bertz CT molecular complexity index is 1260. The van der Waals surface area contributed by atoms with Crippen LogP contribution in [0.25, 0.3) is 16.6 Å². The molecule has 4 aromatic heterocycles. The predicted octanol–water partition coefficient (Wildman–Crippen LogP) is 3.38. The Balaban J connectivity index is 1.39. The summed E-state index contributed by atoms with van der Waals surface area (Å²) in [6.07, 6.45) is 5.33. The maximum absolute atomic E-state index is 6.20. The van der Waals surface area contributed by atoms with Crippen molar-refractivity contribution in [1.82, 2.24) is 30.1 Å². The highest BCUT2D eigenvalue weighted by atomic mass is 16.5. The van der Waals surface area contributed by atoms with Gasteiger partial charge in [-0.15, -0.1) is 5.10 Å². The standard InChI is InChI=1S/C24H27N7O2/c1-16-9-20(21(13-26-16)32-14-19-12-25-15-24(2,3)33-19)17-6-8-31-18(10-17)11-23(30-31)28-22-5-4-7-27-29-22/h4-11,13,19,25H,12,14-15H2,1-3H3,(H,28,29,30)/t19-/m1/s1. The molecule has 33 heavy (non-hydrogen) atoms. The molecule has 2 N–H and O–H groups in total. The molecule has 0 saturated carbocycles. The Kier molecular flexibility index (Phi) is 5.65. The molecule has 9 heteroatoms. The summed E-state index contributed by atoms with van der Waals surface area (Å²) in [5.74, 6) is 2.07. The van der Waals surface area contributed by atoms with Crippen LogP contribution in [-0.4, -0.2) is 56.2 Å². The van der Waals surface area contributed by atoms with E-state index in [0.29, 0.717) is 18.2 Å². The minimum atomic E-state index is -0.204.